The van der Waals surface area contributed by atoms with Gasteiger partial charge >= 0.3 is 0 Å². The highest BCUT2D eigenvalue weighted by molar-refractivity contribution is 6.33. The number of benzene rings is 2. The molecule has 0 aliphatic carbocycles. The second-order valence-corrected chi connectivity index (χ2v) is 4.89. The van der Waals surface area contributed by atoms with Crippen LogP contribution in [-0.2, 0) is 6.42 Å². The molecule has 0 saturated heterocycles. The van der Waals surface area contributed by atoms with Crippen molar-refractivity contribution >= 4 is 33.5 Å². The first kappa shape index (κ1) is 12.8. The topological polar surface area (TPSA) is 50.4 Å². The lowest BCUT2D eigenvalue weighted by Crippen LogP contribution is -2.03. The molecule has 0 bridgehead atoms. The van der Waals surface area contributed by atoms with Crippen LogP contribution in [0.15, 0.2) is 52.2 Å². The average molecular weight is 287 g/mol. The largest absolute Gasteiger partial charge is 0.506 e. The van der Waals surface area contributed by atoms with E-state index < -0.39 is 0 Å². The number of allylic oxidation sites excluding steroid dienone is 1. The minimum atomic E-state index is -0.158. The maximum absolute atomic E-state index is 12.5. The zero-order valence-corrected chi connectivity index (χ0v) is 11.3. The number of phenolic OH excluding ortho intramolecular Hbond substituents is 1. The summed E-state index contributed by atoms with van der Waals surface area (Å²) < 4.78 is 5.78. The Hall–Kier alpha value is -2.26. The maximum Gasteiger partial charge on any atom is 0.200 e. The van der Waals surface area contributed by atoms with Crippen molar-refractivity contribution in [2.24, 2.45) is 0 Å². The standard InChI is InChI=1S/C16H11ClO3/c1-2-5-10-15(19)12(17)8-11-14(18)9-6-3-4-7-13(9)20-16(10)11/h2-4,6-8,19H,1,5H2. The van der Waals surface area contributed by atoms with Gasteiger partial charge < -0.3 is 9.52 Å². The van der Waals surface area contributed by atoms with Gasteiger partial charge in [0.25, 0.3) is 0 Å². The van der Waals surface area contributed by atoms with Gasteiger partial charge in [0, 0.05) is 5.56 Å². The summed E-state index contributed by atoms with van der Waals surface area (Å²) in [4.78, 5) is 12.5. The van der Waals surface area contributed by atoms with Crippen molar-refractivity contribution < 1.29 is 9.52 Å². The van der Waals surface area contributed by atoms with Crippen molar-refractivity contribution in [2.45, 2.75) is 6.42 Å². The van der Waals surface area contributed by atoms with Crippen molar-refractivity contribution in [3.8, 4) is 5.75 Å². The number of hydrogen-bond acceptors (Lipinski definition) is 3. The first-order valence-corrected chi connectivity index (χ1v) is 6.48. The number of hydrogen-bond donors (Lipinski definition) is 1. The van der Waals surface area contributed by atoms with Gasteiger partial charge in [-0.05, 0) is 24.6 Å². The van der Waals surface area contributed by atoms with Gasteiger partial charge in [-0.25, -0.2) is 0 Å². The summed E-state index contributed by atoms with van der Waals surface area (Å²) in [6.07, 6.45) is 1.99. The van der Waals surface area contributed by atoms with Crippen molar-refractivity contribution in [3.63, 3.8) is 0 Å². The lowest BCUT2D eigenvalue weighted by atomic mass is 10.0. The van der Waals surface area contributed by atoms with Crippen LogP contribution in [0.4, 0.5) is 0 Å². The summed E-state index contributed by atoms with van der Waals surface area (Å²) in [6.45, 7) is 3.64. The normalized spacial score (nSPS) is 11.1. The van der Waals surface area contributed by atoms with Crippen molar-refractivity contribution in [2.75, 3.05) is 0 Å². The van der Waals surface area contributed by atoms with Crippen molar-refractivity contribution in [1.82, 2.24) is 0 Å². The van der Waals surface area contributed by atoms with Crippen LogP contribution in [0.25, 0.3) is 21.9 Å². The zero-order valence-electron chi connectivity index (χ0n) is 10.5. The zero-order chi connectivity index (χ0) is 14.3. The number of rotatable bonds is 2. The molecule has 0 aliphatic rings. The molecule has 3 aromatic rings. The fourth-order valence-corrected chi connectivity index (χ4v) is 2.52. The molecule has 0 aliphatic heterocycles. The van der Waals surface area contributed by atoms with E-state index in [1.165, 1.54) is 6.07 Å². The molecular weight excluding hydrogens is 276 g/mol. The molecule has 1 aromatic heterocycles. The fourth-order valence-electron chi connectivity index (χ4n) is 2.29. The molecule has 100 valence electrons. The Labute approximate surface area is 119 Å². The molecular formula is C16H11ClO3. The molecule has 0 fully saturated rings. The van der Waals surface area contributed by atoms with E-state index in [9.17, 15) is 9.90 Å². The van der Waals surface area contributed by atoms with Crippen LogP contribution in [0.1, 0.15) is 5.56 Å². The van der Waals surface area contributed by atoms with Crippen molar-refractivity contribution in [1.29, 1.82) is 0 Å². The first-order chi connectivity index (χ1) is 9.63. The molecule has 20 heavy (non-hydrogen) atoms. The van der Waals surface area contributed by atoms with Gasteiger partial charge in [0.1, 0.15) is 16.9 Å². The Kier molecular flexibility index (Phi) is 2.99. The number of fused-ring (bicyclic) bond motifs is 2. The van der Waals surface area contributed by atoms with Gasteiger partial charge in [-0.15, -0.1) is 6.58 Å². The molecule has 0 unspecified atom stereocenters. The predicted molar refractivity (Wildman–Crippen MR) is 80.6 cm³/mol. The van der Waals surface area contributed by atoms with Crippen LogP contribution in [0.2, 0.25) is 5.02 Å². The highest BCUT2D eigenvalue weighted by Gasteiger charge is 2.16. The van der Waals surface area contributed by atoms with Gasteiger partial charge in [-0.1, -0.05) is 29.8 Å². The van der Waals surface area contributed by atoms with Gasteiger partial charge in [0.05, 0.1) is 15.8 Å². The third kappa shape index (κ3) is 1.79. The SMILES string of the molecule is C=CCc1c(O)c(Cl)cc2c(=O)c3ccccc3oc12. The molecule has 0 amide bonds. The molecule has 0 saturated carbocycles. The maximum atomic E-state index is 12.5. The Bertz CT molecular complexity index is 893. The first-order valence-electron chi connectivity index (χ1n) is 6.10. The molecule has 2 aromatic carbocycles. The van der Waals surface area contributed by atoms with Crippen LogP contribution in [0.5, 0.6) is 5.75 Å². The second-order valence-electron chi connectivity index (χ2n) is 4.48. The van der Waals surface area contributed by atoms with E-state index in [4.69, 9.17) is 16.0 Å². The third-order valence-electron chi connectivity index (χ3n) is 3.24. The van der Waals surface area contributed by atoms with Gasteiger partial charge in [0.2, 0.25) is 5.43 Å². The molecule has 4 heteroatoms. The second kappa shape index (κ2) is 4.69. The molecule has 0 radical (unpaired) electrons. The lowest BCUT2D eigenvalue weighted by Gasteiger charge is -2.09. The van der Waals surface area contributed by atoms with Crippen molar-refractivity contribution in [3.05, 3.63) is 63.8 Å². The monoisotopic (exact) mass is 286 g/mol. The number of aromatic hydroxyl groups is 1. The summed E-state index contributed by atoms with van der Waals surface area (Å²) in [5.41, 5.74) is 1.16. The quantitative estimate of drug-likeness (QED) is 0.571. The minimum absolute atomic E-state index is 0.0718. The average Bonchev–Trinajstić information content (AvgIpc) is 2.46. The van der Waals surface area contributed by atoms with E-state index in [1.807, 2.05) is 0 Å². The van der Waals surface area contributed by atoms with E-state index >= 15 is 0 Å². The summed E-state index contributed by atoms with van der Waals surface area (Å²) in [7, 11) is 0. The predicted octanol–water partition coefficient (Wildman–Crippen LogP) is 4.03. The summed E-state index contributed by atoms with van der Waals surface area (Å²) in [5.74, 6) is -0.0718. The Morgan fingerprint density at radius 2 is 2.05 bits per heavy atom. The third-order valence-corrected chi connectivity index (χ3v) is 3.53. The van der Waals surface area contributed by atoms with Gasteiger partial charge in [0.15, 0.2) is 0 Å². The fraction of sp³-hybridized carbons (Fsp3) is 0.0625. The molecule has 0 spiro atoms. The number of phenols is 1. The van der Waals surface area contributed by atoms with E-state index in [-0.39, 0.29) is 16.2 Å². The van der Waals surface area contributed by atoms with Gasteiger partial charge in [-0.2, -0.15) is 0 Å². The Morgan fingerprint density at radius 3 is 2.80 bits per heavy atom. The Morgan fingerprint density at radius 1 is 1.30 bits per heavy atom. The minimum Gasteiger partial charge on any atom is -0.506 e. The number of para-hydroxylation sites is 1. The van der Waals surface area contributed by atoms with Crippen LogP contribution >= 0.6 is 11.6 Å². The Balaban J connectivity index is 2.57. The molecule has 3 rings (SSSR count). The van der Waals surface area contributed by atoms with E-state index in [0.29, 0.717) is 33.9 Å². The van der Waals surface area contributed by atoms with E-state index in [0.717, 1.165) is 0 Å². The highest BCUT2D eigenvalue weighted by atomic mass is 35.5. The van der Waals surface area contributed by atoms with Crippen LogP contribution < -0.4 is 5.43 Å². The van der Waals surface area contributed by atoms with Crippen LogP contribution in [-0.4, -0.2) is 5.11 Å². The van der Waals surface area contributed by atoms with E-state index in [1.54, 1.807) is 30.3 Å². The molecule has 0 atom stereocenters. The van der Waals surface area contributed by atoms with E-state index in [2.05, 4.69) is 6.58 Å². The smallest absolute Gasteiger partial charge is 0.200 e. The van der Waals surface area contributed by atoms with Crippen LogP contribution in [0, 0.1) is 0 Å². The number of halogens is 1. The summed E-state index contributed by atoms with van der Waals surface area (Å²) in [5, 5.41) is 11.0. The molecule has 3 nitrogen and oxygen atoms in total. The van der Waals surface area contributed by atoms with Gasteiger partial charge in [-0.3, -0.25) is 4.79 Å². The summed E-state index contributed by atoms with van der Waals surface area (Å²) in [6, 6.07) is 8.43. The molecule has 1 N–H and O–H groups in total. The summed E-state index contributed by atoms with van der Waals surface area (Å²) >= 11 is 5.99. The highest BCUT2D eigenvalue weighted by Crippen LogP contribution is 2.35. The molecule has 1 heterocycles. The lowest BCUT2D eigenvalue weighted by molar-refractivity contribution is 0.469. The van der Waals surface area contributed by atoms with Crippen LogP contribution in [0.3, 0.4) is 0 Å².